The average Bonchev–Trinajstić information content (AvgIpc) is 2.91. The number of rotatable bonds is 7. The van der Waals surface area contributed by atoms with Gasteiger partial charge in [-0.3, -0.25) is 9.59 Å². The van der Waals surface area contributed by atoms with Crippen molar-refractivity contribution in [3.63, 3.8) is 0 Å². The summed E-state index contributed by atoms with van der Waals surface area (Å²) in [6.07, 6.45) is 1.59. The van der Waals surface area contributed by atoms with Crippen LogP contribution >= 0.6 is 11.6 Å². The molecule has 0 atom stereocenters. The first-order valence-electron chi connectivity index (χ1n) is 7.39. The van der Waals surface area contributed by atoms with E-state index in [4.69, 9.17) is 26.2 Å². The molecule has 7 nitrogen and oxygen atoms in total. The molecule has 0 saturated heterocycles. The van der Waals surface area contributed by atoms with Gasteiger partial charge in [-0.15, -0.1) is 0 Å². The topological polar surface area (TPSA) is 81.0 Å². The van der Waals surface area contributed by atoms with Gasteiger partial charge in [-0.05, 0) is 23.8 Å². The summed E-state index contributed by atoms with van der Waals surface area (Å²) in [7, 11) is 4.71. The molecule has 25 heavy (non-hydrogen) atoms. The van der Waals surface area contributed by atoms with Gasteiger partial charge in [0.1, 0.15) is 23.7 Å². The summed E-state index contributed by atoms with van der Waals surface area (Å²) in [5.41, 5.74) is 0.993. The Hall–Kier alpha value is -2.67. The SMILES string of the molecule is COc1cc(CN(CC(=O)O)C(=O)c2cc(Cl)cn2C)cc(OC)c1. The Morgan fingerprint density at radius 2 is 1.76 bits per heavy atom. The number of carbonyl (C=O) groups excluding carboxylic acids is 1. The monoisotopic (exact) mass is 366 g/mol. The Morgan fingerprint density at radius 1 is 1.16 bits per heavy atom. The Bertz CT molecular complexity index is 765. The fourth-order valence-electron chi connectivity index (χ4n) is 2.44. The number of aryl methyl sites for hydroxylation is 1. The van der Waals surface area contributed by atoms with Gasteiger partial charge in [-0.2, -0.15) is 0 Å². The van der Waals surface area contributed by atoms with E-state index in [0.29, 0.717) is 27.8 Å². The minimum atomic E-state index is -1.11. The van der Waals surface area contributed by atoms with Crippen LogP contribution in [0.4, 0.5) is 0 Å². The number of carboxylic acids is 1. The Morgan fingerprint density at radius 3 is 2.20 bits per heavy atom. The van der Waals surface area contributed by atoms with Gasteiger partial charge in [0.05, 0.1) is 19.2 Å². The highest BCUT2D eigenvalue weighted by atomic mass is 35.5. The number of nitrogens with zero attached hydrogens (tertiary/aromatic N) is 2. The molecule has 0 saturated carbocycles. The van der Waals surface area contributed by atoms with Crippen LogP contribution in [0.1, 0.15) is 16.1 Å². The lowest BCUT2D eigenvalue weighted by Crippen LogP contribution is -2.36. The third kappa shape index (κ3) is 4.67. The van der Waals surface area contributed by atoms with Crippen LogP contribution in [0.15, 0.2) is 30.5 Å². The maximum absolute atomic E-state index is 12.7. The Kier molecular flexibility index (Phi) is 5.93. The number of hydrogen-bond donors (Lipinski definition) is 1. The van der Waals surface area contributed by atoms with Gasteiger partial charge >= 0.3 is 5.97 Å². The molecule has 2 aromatic rings. The predicted octanol–water partition coefficient (Wildman–Crippen LogP) is 2.42. The van der Waals surface area contributed by atoms with E-state index in [-0.39, 0.29) is 6.54 Å². The number of hydrogen-bond acceptors (Lipinski definition) is 4. The van der Waals surface area contributed by atoms with Crippen molar-refractivity contribution in [1.82, 2.24) is 9.47 Å². The van der Waals surface area contributed by atoms with Crippen molar-refractivity contribution < 1.29 is 24.2 Å². The van der Waals surface area contributed by atoms with Crippen LogP contribution in [0, 0.1) is 0 Å². The van der Waals surface area contributed by atoms with E-state index < -0.39 is 18.4 Å². The van der Waals surface area contributed by atoms with E-state index in [1.54, 1.807) is 36.0 Å². The number of carbonyl (C=O) groups is 2. The third-order valence-electron chi connectivity index (χ3n) is 3.59. The molecule has 0 aliphatic rings. The van der Waals surface area contributed by atoms with Crippen LogP contribution in [0.25, 0.3) is 0 Å². The first-order valence-corrected chi connectivity index (χ1v) is 7.76. The molecule has 0 unspecified atom stereocenters. The van der Waals surface area contributed by atoms with Crippen LogP contribution in [0.2, 0.25) is 5.02 Å². The number of amides is 1. The molecule has 0 aliphatic carbocycles. The fraction of sp³-hybridized carbons (Fsp3) is 0.294. The van der Waals surface area contributed by atoms with Crippen molar-refractivity contribution in [2.45, 2.75) is 6.54 Å². The summed E-state index contributed by atoms with van der Waals surface area (Å²) >= 11 is 5.92. The molecule has 134 valence electrons. The van der Waals surface area contributed by atoms with Crippen molar-refractivity contribution in [2.75, 3.05) is 20.8 Å². The lowest BCUT2D eigenvalue weighted by Gasteiger charge is -2.21. The summed E-state index contributed by atoms with van der Waals surface area (Å²) in [6, 6.07) is 6.65. The van der Waals surface area contributed by atoms with Crippen LogP contribution in [-0.4, -0.2) is 47.2 Å². The van der Waals surface area contributed by atoms with E-state index in [9.17, 15) is 9.59 Å². The molecule has 1 N–H and O–H groups in total. The predicted molar refractivity (Wildman–Crippen MR) is 92.3 cm³/mol. The highest BCUT2D eigenvalue weighted by molar-refractivity contribution is 6.31. The molecule has 1 amide bonds. The van der Waals surface area contributed by atoms with E-state index in [0.717, 1.165) is 0 Å². The third-order valence-corrected chi connectivity index (χ3v) is 3.80. The standard InChI is InChI=1S/C17H19ClN2O5/c1-19-9-12(18)6-15(19)17(23)20(10-16(21)22)8-11-4-13(24-2)7-14(5-11)25-3/h4-7,9H,8,10H2,1-3H3,(H,21,22). The molecule has 2 rings (SSSR count). The number of carboxylic acid groups (broad SMARTS) is 1. The van der Waals surface area contributed by atoms with Gasteiger partial charge in [-0.25, -0.2) is 0 Å². The summed E-state index contributed by atoms with van der Waals surface area (Å²) in [4.78, 5) is 25.2. The van der Waals surface area contributed by atoms with E-state index in [1.165, 1.54) is 25.2 Å². The second kappa shape index (κ2) is 7.94. The fourth-order valence-corrected chi connectivity index (χ4v) is 2.69. The number of aliphatic carboxylic acids is 1. The first-order chi connectivity index (χ1) is 11.8. The van der Waals surface area contributed by atoms with Crippen molar-refractivity contribution in [2.24, 2.45) is 7.05 Å². The number of ether oxygens (including phenoxy) is 2. The Balaban J connectivity index is 2.33. The van der Waals surface area contributed by atoms with E-state index >= 15 is 0 Å². The maximum Gasteiger partial charge on any atom is 0.323 e. The number of halogens is 1. The summed E-state index contributed by atoms with van der Waals surface area (Å²) < 4.78 is 12.0. The lowest BCUT2D eigenvalue weighted by atomic mass is 10.1. The van der Waals surface area contributed by atoms with Crippen LogP contribution < -0.4 is 9.47 Å². The molecule has 0 radical (unpaired) electrons. The van der Waals surface area contributed by atoms with Gasteiger partial charge in [-0.1, -0.05) is 11.6 Å². The second-order valence-corrected chi connectivity index (χ2v) is 5.87. The highest BCUT2D eigenvalue weighted by Gasteiger charge is 2.22. The molecule has 1 aromatic heterocycles. The first kappa shape index (κ1) is 18.7. The van der Waals surface area contributed by atoms with Crippen molar-refractivity contribution >= 4 is 23.5 Å². The summed E-state index contributed by atoms with van der Waals surface area (Å²) in [6.45, 7) is -0.358. The van der Waals surface area contributed by atoms with Crippen molar-refractivity contribution in [3.05, 3.63) is 46.7 Å². The molecule has 0 spiro atoms. The maximum atomic E-state index is 12.7. The van der Waals surface area contributed by atoms with Gasteiger partial charge in [0.25, 0.3) is 5.91 Å². The zero-order valence-electron chi connectivity index (χ0n) is 14.2. The molecular formula is C17H19ClN2O5. The van der Waals surface area contributed by atoms with Gasteiger partial charge in [0.2, 0.25) is 0 Å². The van der Waals surface area contributed by atoms with Crippen LogP contribution in [0.5, 0.6) is 11.5 Å². The average molecular weight is 367 g/mol. The lowest BCUT2D eigenvalue weighted by molar-refractivity contribution is -0.137. The van der Waals surface area contributed by atoms with E-state index in [1.807, 2.05) is 0 Å². The van der Waals surface area contributed by atoms with Gasteiger partial charge in [0.15, 0.2) is 0 Å². The van der Waals surface area contributed by atoms with E-state index in [2.05, 4.69) is 0 Å². The van der Waals surface area contributed by atoms with Gasteiger partial charge < -0.3 is 24.0 Å². The molecule has 1 aromatic carbocycles. The van der Waals surface area contributed by atoms with Crippen LogP contribution in [0.3, 0.4) is 0 Å². The minimum Gasteiger partial charge on any atom is -0.497 e. The van der Waals surface area contributed by atoms with Gasteiger partial charge in [0, 0.05) is 25.9 Å². The number of benzene rings is 1. The zero-order chi connectivity index (χ0) is 18.6. The summed E-state index contributed by atoms with van der Waals surface area (Å²) in [5, 5.41) is 9.56. The molecule has 8 heteroatoms. The van der Waals surface area contributed by atoms with Crippen molar-refractivity contribution in [3.8, 4) is 11.5 Å². The molecule has 0 fully saturated rings. The summed E-state index contributed by atoms with van der Waals surface area (Å²) in [5.74, 6) is -0.430. The molecule has 0 aliphatic heterocycles. The minimum absolute atomic E-state index is 0.0848. The largest absolute Gasteiger partial charge is 0.497 e. The van der Waals surface area contributed by atoms with Crippen LogP contribution in [-0.2, 0) is 18.4 Å². The zero-order valence-corrected chi connectivity index (χ0v) is 14.9. The number of methoxy groups -OCH3 is 2. The number of aromatic nitrogens is 1. The molecular weight excluding hydrogens is 348 g/mol. The normalized spacial score (nSPS) is 10.4. The highest BCUT2D eigenvalue weighted by Crippen LogP contribution is 2.24. The smallest absolute Gasteiger partial charge is 0.323 e. The quantitative estimate of drug-likeness (QED) is 0.813. The van der Waals surface area contributed by atoms with Crippen molar-refractivity contribution in [1.29, 1.82) is 0 Å². The second-order valence-electron chi connectivity index (χ2n) is 5.43. The molecule has 0 bridgehead atoms. The molecule has 1 heterocycles. The Labute approximate surface area is 150 Å².